The summed E-state index contributed by atoms with van der Waals surface area (Å²) in [5, 5.41) is 40.6. The Morgan fingerprint density at radius 2 is 1.69 bits per heavy atom. The Hall–Kier alpha value is -2.52. The van der Waals surface area contributed by atoms with Gasteiger partial charge >= 0.3 is 11.4 Å². The Balaban J connectivity index is 3.26. The molecule has 1 aliphatic carbocycles. The summed E-state index contributed by atoms with van der Waals surface area (Å²) >= 11 is 0. The topological polar surface area (TPSA) is 150 Å². The fourth-order valence-electron chi connectivity index (χ4n) is 1.18. The fourth-order valence-corrected chi connectivity index (χ4v) is 1.18. The Kier molecular flexibility index (Phi) is 2.57. The van der Waals surface area contributed by atoms with Crippen LogP contribution in [-0.4, -0.2) is 25.5 Å². The third-order valence-electron chi connectivity index (χ3n) is 2.08. The Morgan fingerprint density at radius 1 is 1.19 bits per heavy atom. The zero-order valence-electron chi connectivity index (χ0n) is 7.60. The average molecular weight is 231 g/mol. The summed E-state index contributed by atoms with van der Waals surface area (Å²) in [6.45, 7) is 0. The molecule has 86 valence electrons. The van der Waals surface area contributed by atoms with Crippen LogP contribution in [0.1, 0.15) is 6.42 Å². The summed E-state index contributed by atoms with van der Waals surface area (Å²) in [5.41, 5.74) is -3.73. The van der Waals surface area contributed by atoms with Gasteiger partial charge in [0, 0.05) is 0 Å². The molecule has 0 saturated heterocycles. The van der Waals surface area contributed by atoms with E-state index in [1.54, 1.807) is 0 Å². The molecule has 1 N–H and O–H groups in total. The van der Waals surface area contributed by atoms with Crippen LogP contribution in [0.15, 0.2) is 23.6 Å². The van der Waals surface area contributed by atoms with Crippen molar-refractivity contribution in [1.82, 2.24) is 0 Å². The second-order valence-corrected chi connectivity index (χ2v) is 2.99. The predicted molar refractivity (Wildman–Crippen MR) is 47.1 cm³/mol. The SMILES string of the molecule is O=[N+]([O-])C1=C(O)C=CC([N+](=O)[O-])([N+](=O)[O-])C1. The van der Waals surface area contributed by atoms with Crippen LogP contribution in [-0.2, 0) is 0 Å². The molecule has 0 aliphatic heterocycles. The van der Waals surface area contributed by atoms with Crippen LogP contribution in [0.3, 0.4) is 0 Å². The number of rotatable bonds is 3. The van der Waals surface area contributed by atoms with Crippen molar-refractivity contribution >= 4 is 0 Å². The first-order chi connectivity index (χ1) is 7.31. The molecule has 0 saturated carbocycles. The zero-order valence-corrected chi connectivity index (χ0v) is 7.60. The monoisotopic (exact) mass is 231 g/mol. The van der Waals surface area contributed by atoms with Gasteiger partial charge in [-0.25, -0.2) is 0 Å². The van der Waals surface area contributed by atoms with E-state index in [9.17, 15) is 30.3 Å². The molecule has 0 spiro atoms. The summed E-state index contributed by atoms with van der Waals surface area (Å²) in [7, 11) is 0. The second kappa shape index (κ2) is 3.56. The molecule has 0 aromatic rings. The molecular formula is C6H5N3O7. The minimum Gasteiger partial charge on any atom is -0.502 e. The van der Waals surface area contributed by atoms with Crippen molar-refractivity contribution in [3.8, 4) is 0 Å². The van der Waals surface area contributed by atoms with Gasteiger partial charge in [-0.3, -0.25) is 30.3 Å². The number of nitro groups is 3. The number of hydrogen-bond acceptors (Lipinski definition) is 7. The molecule has 10 nitrogen and oxygen atoms in total. The molecule has 1 rings (SSSR count). The van der Waals surface area contributed by atoms with Crippen molar-refractivity contribution in [2.45, 2.75) is 12.1 Å². The van der Waals surface area contributed by atoms with Crippen molar-refractivity contribution in [2.24, 2.45) is 0 Å². The van der Waals surface area contributed by atoms with Crippen LogP contribution >= 0.6 is 0 Å². The van der Waals surface area contributed by atoms with E-state index in [1.165, 1.54) is 0 Å². The Bertz CT molecular complexity index is 423. The van der Waals surface area contributed by atoms with Crippen molar-refractivity contribution < 1.29 is 19.9 Å². The Labute approximate surface area is 86.9 Å². The molecule has 0 aromatic heterocycles. The van der Waals surface area contributed by atoms with Gasteiger partial charge in [0.2, 0.25) is 0 Å². The van der Waals surface area contributed by atoms with Crippen molar-refractivity contribution in [3.05, 3.63) is 54.0 Å². The van der Waals surface area contributed by atoms with Gasteiger partial charge < -0.3 is 5.11 Å². The highest BCUT2D eigenvalue weighted by atomic mass is 16.7. The van der Waals surface area contributed by atoms with E-state index in [2.05, 4.69) is 0 Å². The lowest BCUT2D eigenvalue weighted by Crippen LogP contribution is -2.46. The lowest BCUT2D eigenvalue weighted by molar-refractivity contribution is -0.783. The fraction of sp³-hybridized carbons (Fsp3) is 0.333. The molecule has 0 fully saturated rings. The third-order valence-corrected chi connectivity index (χ3v) is 2.08. The summed E-state index contributed by atoms with van der Waals surface area (Å²) in [6.07, 6.45) is 0.0188. The Morgan fingerprint density at radius 3 is 2.06 bits per heavy atom. The molecule has 0 amide bonds. The molecule has 16 heavy (non-hydrogen) atoms. The van der Waals surface area contributed by atoms with Crippen LogP contribution in [0, 0.1) is 30.3 Å². The van der Waals surface area contributed by atoms with E-state index < -0.39 is 38.3 Å². The molecular weight excluding hydrogens is 226 g/mol. The van der Waals surface area contributed by atoms with Crippen LogP contribution in [0.4, 0.5) is 0 Å². The van der Waals surface area contributed by atoms with Gasteiger partial charge in [-0.2, -0.15) is 0 Å². The van der Waals surface area contributed by atoms with Crippen LogP contribution in [0.5, 0.6) is 0 Å². The maximum Gasteiger partial charge on any atom is 0.488 e. The highest BCUT2D eigenvalue weighted by molar-refractivity contribution is 5.23. The molecule has 10 heteroatoms. The first kappa shape index (κ1) is 11.6. The van der Waals surface area contributed by atoms with Gasteiger partial charge in [0.25, 0.3) is 0 Å². The second-order valence-electron chi connectivity index (χ2n) is 2.99. The van der Waals surface area contributed by atoms with E-state index in [1.807, 2.05) is 0 Å². The molecule has 0 aromatic carbocycles. The largest absolute Gasteiger partial charge is 0.502 e. The predicted octanol–water partition coefficient (Wildman–Crippen LogP) is 0.242. The minimum absolute atomic E-state index is 0.523. The average Bonchev–Trinajstić information content (AvgIpc) is 2.17. The maximum absolute atomic E-state index is 10.6. The standard InChI is InChI=1S/C6H5N3O7/c10-5-1-2-6(8(13)14,9(15)16)3-4(5)7(11)12/h1-2,10H,3H2. The number of aliphatic hydroxyl groups excluding tert-OH is 1. The van der Waals surface area contributed by atoms with Crippen molar-refractivity contribution in [2.75, 3.05) is 0 Å². The lowest BCUT2D eigenvalue weighted by atomic mass is 9.99. The molecule has 0 atom stereocenters. The summed E-state index contributed by atoms with van der Waals surface area (Å²) < 4.78 is 0. The molecule has 1 aliphatic rings. The number of nitrogens with zero attached hydrogens (tertiary/aromatic N) is 3. The quantitative estimate of drug-likeness (QED) is 0.415. The molecule has 0 heterocycles. The van der Waals surface area contributed by atoms with Crippen LogP contribution < -0.4 is 0 Å². The zero-order chi connectivity index (χ0) is 12.5. The highest BCUT2D eigenvalue weighted by Gasteiger charge is 2.59. The normalized spacial score (nSPS) is 18.2. The van der Waals surface area contributed by atoms with Gasteiger partial charge in [0.1, 0.15) is 9.85 Å². The molecule has 0 unspecified atom stereocenters. The smallest absolute Gasteiger partial charge is 0.488 e. The summed E-state index contributed by atoms with van der Waals surface area (Å²) in [4.78, 5) is 28.0. The van der Waals surface area contributed by atoms with Gasteiger partial charge in [-0.15, -0.1) is 0 Å². The molecule has 0 radical (unpaired) electrons. The summed E-state index contributed by atoms with van der Waals surface area (Å²) in [5.74, 6) is -0.815. The van der Waals surface area contributed by atoms with Gasteiger partial charge in [-0.1, -0.05) is 0 Å². The van der Waals surface area contributed by atoms with Crippen LogP contribution in [0.2, 0.25) is 0 Å². The first-order valence-electron chi connectivity index (χ1n) is 3.86. The van der Waals surface area contributed by atoms with Gasteiger partial charge in [0.05, 0.1) is 11.0 Å². The van der Waals surface area contributed by atoms with E-state index in [0.29, 0.717) is 12.2 Å². The van der Waals surface area contributed by atoms with Crippen molar-refractivity contribution in [3.63, 3.8) is 0 Å². The summed E-state index contributed by atoms with van der Waals surface area (Å²) in [6, 6.07) is 0. The third kappa shape index (κ3) is 1.55. The van der Waals surface area contributed by atoms with Crippen molar-refractivity contribution in [1.29, 1.82) is 0 Å². The maximum atomic E-state index is 10.6. The first-order valence-corrected chi connectivity index (χ1v) is 3.86. The molecule has 0 bridgehead atoms. The van der Waals surface area contributed by atoms with Gasteiger partial charge in [0.15, 0.2) is 12.2 Å². The number of aliphatic hydroxyl groups is 1. The minimum atomic E-state index is -2.78. The number of hydrogen-bond donors (Lipinski definition) is 1. The lowest BCUT2D eigenvalue weighted by Gasteiger charge is -2.15. The van der Waals surface area contributed by atoms with Crippen LogP contribution in [0.25, 0.3) is 0 Å². The van der Waals surface area contributed by atoms with E-state index in [0.717, 1.165) is 0 Å². The van der Waals surface area contributed by atoms with E-state index in [4.69, 9.17) is 5.11 Å². The van der Waals surface area contributed by atoms with Gasteiger partial charge in [-0.05, 0) is 6.08 Å². The number of allylic oxidation sites excluding steroid dienone is 1. The highest BCUT2D eigenvalue weighted by Crippen LogP contribution is 2.29. The van der Waals surface area contributed by atoms with E-state index >= 15 is 0 Å². The van der Waals surface area contributed by atoms with E-state index in [-0.39, 0.29) is 0 Å².